The number of carbonyl (C=O) groups is 1. The van der Waals surface area contributed by atoms with Crippen molar-refractivity contribution in [2.75, 3.05) is 33.9 Å². The molecule has 0 bridgehead atoms. The lowest BCUT2D eigenvalue weighted by Crippen LogP contribution is -2.38. The molecule has 2 aromatic carbocycles. The number of para-hydroxylation sites is 1. The molecule has 0 aliphatic heterocycles. The number of methoxy groups -OCH3 is 2. The van der Waals surface area contributed by atoms with E-state index < -0.39 is 0 Å². The average Bonchev–Trinajstić information content (AvgIpc) is 2.65. The summed E-state index contributed by atoms with van der Waals surface area (Å²) in [6.07, 6.45) is 0.797. The van der Waals surface area contributed by atoms with E-state index in [0.717, 1.165) is 6.42 Å². The van der Waals surface area contributed by atoms with Crippen molar-refractivity contribution in [3.05, 3.63) is 54.1 Å². The Labute approximate surface area is 148 Å². The highest BCUT2D eigenvalue weighted by molar-refractivity contribution is 5.73. The highest BCUT2D eigenvalue weighted by Gasteiger charge is 2.10. The van der Waals surface area contributed by atoms with Crippen LogP contribution in [0.15, 0.2) is 48.5 Å². The van der Waals surface area contributed by atoms with Gasteiger partial charge in [0.1, 0.15) is 6.61 Å². The number of ether oxygens (including phenoxy) is 3. The van der Waals surface area contributed by atoms with E-state index in [1.807, 2.05) is 36.4 Å². The summed E-state index contributed by atoms with van der Waals surface area (Å²) in [5.74, 6) is 1.72. The van der Waals surface area contributed by atoms with Crippen molar-refractivity contribution in [2.24, 2.45) is 0 Å². The van der Waals surface area contributed by atoms with Crippen LogP contribution in [0, 0.1) is 0 Å². The maximum Gasteiger partial charge on any atom is 0.314 e. The number of nitrogens with one attached hydrogen (secondary N) is 2. The Morgan fingerprint density at radius 2 is 1.60 bits per heavy atom. The lowest BCUT2D eigenvalue weighted by atomic mass is 10.1. The van der Waals surface area contributed by atoms with E-state index in [-0.39, 0.29) is 6.03 Å². The summed E-state index contributed by atoms with van der Waals surface area (Å²) >= 11 is 0. The number of hydrogen-bond donors (Lipinski definition) is 2. The van der Waals surface area contributed by atoms with Gasteiger partial charge < -0.3 is 24.8 Å². The van der Waals surface area contributed by atoms with Gasteiger partial charge in [0.05, 0.1) is 20.8 Å². The first-order chi connectivity index (χ1) is 12.2. The Bertz CT molecular complexity index is 662. The van der Waals surface area contributed by atoms with Crippen molar-refractivity contribution in [1.29, 1.82) is 0 Å². The summed E-state index contributed by atoms with van der Waals surface area (Å²) in [6.45, 7) is 1.30. The molecule has 0 atom stereocenters. The molecular formula is C19H24N2O4. The Morgan fingerprint density at radius 3 is 2.32 bits per heavy atom. The van der Waals surface area contributed by atoms with Gasteiger partial charge in [0.15, 0.2) is 11.5 Å². The molecule has 0 fully saturated rings. The van der Waals surface area contributed by atoms with Gasteiger partial charge in [0.2, 0.25) is 5.75 Å². The molecule has 0 spiro atoms. The molecule has 25 heavy (non-hydrogen) atoms. The van der Waals surface area contributed by atoms with E-state index in [1.54, 1.807) is 26.4 Å². The van der Waals surface area contributed by atoms with E-state index in [4.69, 9.17) is 14.2 Å². The fraction of sp³-hybridized carbons (Fsp3) is 0.316. The zero-order chi connectivity index (χ0) is 17.9. The molecule has 0 aliphatic rings. The van der Waals surface area contributed by atoms with Crippen LogP contribution in [0.4, 0.5) is 4.79 Å². The largest absolute Gasteiger partial charge is 0.493 e. The molecule has 2 amide bonds. The summed E-state index contributed by atoms with van der Waals surface area (Å²) in [4.78, 5) is 11.7. The van der Waals surface area contributed by atoms with Crippen molar-refractivity contribution in [3.8, 4) is 17.2 Å². The maximum absolute atomic E-state index is 11.7. The molecule has 2 rings (SSSR count). The predicted molar refractivity (Wildman–Crippen MR) is 96.6 cm³/mol. The second-order valence-corrected chi connectivity index (χ2v) is 5.26. The monoisotopic (exact) mass is 344 g/mol. The normalized spacial score (nSPS) is 10.0. The van der Waals surface area contributed by atoms with Crippen LogP contribution in [-0.4, -0.2) is 39.9 Å². The molecule has 0 aliphatic carbocycles. The quantitative estimate of drug-likeness (QED) is 0.686. The van der Waals surface area contributed by atoms with Gasteiger partial charge in [0, 0.05) is 6.54 Å². The lowest BCUT2D eigenvalue weighted by molar-refractivity contribution is 0.235. The predicted octanol–water partition coefficient (Wildman–Crippen LogP) is 2.62. The van der Waals surface area contributed by atoms with E-state index in [0.29, 0.717) is 36.9 Å². The van der Waals surface area contributed by atoms with Crippen LogP contribution >= 0.6 is 0 Å². The number of rotatable bonds is 9. The van der Waals surface area contributed by atoms with E-state index in [1.165, 1.54) is 5.56 Å². The van der Waals surface area contributed by atoms with Gasteiger partial charge in [-0.05, 0) is 24.1 Å². The van der Waals surface area contributed by atoms with Gasteiger partial charge >= 0.3 is 6.03 Å². The number of amides is 2. The summed E-state index contributed by atoms with van der Waals surface area (Å²) in [7, 11) is 3.13. The fourth-order valence-corrected chi connectivity index (χ4v) is 2.32. The third kappa shape index (κ3) is 5.91. The third-order valence-electron chi connectivity index (χ3n) is 3.55. The molecule has 2 N–H and O–H groups in total. The van der Waals surface area contributed by atoms with Crippen molar-refractivity contribution >= 4 is 6.03 Å². The topological polar surface area (TPSA) is 68.8 Å². The average molecular weight is 344 g/mol. The zero-order valence-corrected chi connectivity index (χ0v) is 14.6. The number of hydrogen-bond acceptors (Lipinski definition) is 4. The highest BCUT2D eigenvalue weighted by atomic mass is 16.5. The third-order valence-corrected chi connectivity index (χ3v) is 3.55. The molecule has 0 unspecified atom stereocenters. The Hall–Kier alpha value is -2.89. The van der Waals surface area contributed by atoms with Crippen molar-refractivity contribution in [3.63, 3.8) is 0 Å². The second-order valence-electron chi connectivity index (χ2n) is 5.26. The molecule has 0 aromatic heterocycles. The van der Waals surface area contributed by atoms with Crippen LogP contribution in [0.3, 0.4) is 0 Å². The number of urea groups is 1. The highest BCUT2D eigenvalue weighted by Crippen LogP contribution is 2.36. The van der Waals surface area contributed by atoms with Gasteiger partial charge in [-0.1, -0.05) is 36.4 Å². The summed E-state index contributed by atoms with van der Waals surface area (Å²) < 4.78 is 16.2. The Morgan fingerprint density at radius 1 is 0.880 bits per heavy atom. The molecule has 0 radical (unpaired) electrons. The minimum atomic E-state index is -0.211. The Balaban J connectivity index is 1.66. The summed E-state index contributed by atoms with van der Waals surface area (Å²) in [5, 5.41) is 5.58. The Kier molecular flexibility index (Phi) is 7.43. The molecule has 2 aromatic rings. The van der Waals surface area contributed by atoms with Crippen LogP contribution in [0.5, 0.6) is 17.2 Å². The van der Waals surface area contributed by atoms with Crippen molar-refractivity contribution < 1.29 is 19.0 Å². The fourth-order valence-electron chi connectivity index (χ4n) is 2.32. The first-order valence-electron chi connectivity index (χ1n) is 8.14. The van der Waals surface area contributed by atoms with Crippen LogP contribution in [0.1, 0.15) is 5.56 Å². The first kappa shape index (κ1) is 18.4. The lowest BCUT2D eigenvalue weighted by Gasteiger charge is -2.14. The first-order valence-corrected chi connectivity index (χ1v) is 8.14. The van der Waals surface area contributed by atoms with E-state index in [2.05, 4.69) is 10.6 Å². The standard InChI is InChI=1S/C19H24N2O4/c1-23-16-9-6-10-17(18(16)24-2)25-14-13-21-19(22)20-12-11-15-7-4-3-5-8-15/h3-10H,11-14H2,1-2H3,(H2,20,21,22). The molecule has 6 nitrogen and oxygen atoms in total. The van der Waals surface area contributed by atoms with Gasteiger partial charge in [-0.3, -0.25) is 0 Å². The molecule has 0 saturated carbocycles. The summed E-state index contributed by atoms with van der Waals surface area (Å²) in [6, 6.07) is 15.2. The minimum absolute atomic E-state index is 0.211. The SMILES string of the molecule is COc1cccc(OCCNC(=O)NCCc2ccccc2)c1OC. The second kappa shape index (κ2) is 10.1. The van der Waals surface area contributed by atoms with Gasteiger partial charge in [-0.2, -0.15) is 0 Å². The molecule has 0 heterocycles. The number of benzene rings is 2. The van der Waals surface area contributed by atoms with Gasteiger partial charge in [-0.25, -0.2) is 4.79 Å². The summed E-state index contributed by atoms with van der Waals surface area (Å²) in [5.41, 5.74) is 1.19. The van der Waals surface area contributed by atoms with E-state index in [9.17, 15) is 4.79 Å². The minimum Gasteiger partial charge on any atom is -0.493 e. The maximum atomic E-state index is 11.7. The van der Waals surface area contributed by atoms with Crippen LogP contribution in [-0.2, 0) is 6.42 Å². The van der Waals surface area contributed by atoms with Gasteiger partial charge in [0.25, 0.3) is 0 Å². The van der Waals surface area contributed by atoms with Crippen LogP contribution < -0.4 is 24.8 Å². The van der Waals surface area contributed by atoms with E-state index >= 15 is 0 Å². The van der Waals surface area contributed by atoms with Crippen molar-refractivity contribution in [1.82, 2.24) is 10.6 Å². The molecular weight excluding hydrogens is 320 g/mol. The smallest absolute Gasteiger partial charge is 0.314 e. The van der Waals surface area contributed by atoms with Crippen LogP contribution in [0.2, 0.25) is 0 Å². The molecule has 6 heteroatoms. The zero-order valence-electron chi connectivity index (χ0n) is 14.6. The van der Waals surface area contributed by atoms with Gasteiger partial charge in [-0.15, -0.1) is 0 Å². The molecule has 0 saturated heterocycles. The van der Waals surface area contributed by atoms with Crippen LogP contribution in [0.25, 0.3) is 0 Å². The van der Waals surface area contributed by atoms with Crippen molar-refractivity contribution in [2.45, 2.75) is 6.42 Å². The number of carbonyl (C=O) groups excluding carboxylic acids is 1. The molecule has 134 valence electrons.